The first-order chi connectivity index (χ1) is 11.2. The maximum atomic E-state index is 12.5. The minimum Gasteiger partial charge on any atom is -0.348 e. The van der Waals surface area contributed by atoms with Crippen LogP contribution < -0.4 is 4.90 Å². The molecule has 3 saturated heterocycles. The summed E-state index contributed by atoms with van der Waals surface area (Å²) in [5.41, 5.74) is 0.350. The van der Waals surface area contributed by atoms with Gasteiger partial charge in [0.2, 0.25) is 5.91 Å². The predicted molar refractivity (Wildman–Crippen MR) is 92.8 cm³/mol. The van der Waals surface area contributed by atoms with Crippen molar-refractivity contribution in [1.82, 2.24) is 14.8 Å². The number of likely N-dealkylation sites (tertiary alicyclic amines) is 2. The lowest BCUT2D eigenvalue weighted by Gasteiger charge is -2.49. The third-order valence-corrected chi connectivity index (χ3v) is 6.85. The van der Waals surface area contributed by atoms with E-state index in [0.29, 0.717) is 17.4 Å². The Bertz CT molecular complexity index is 553. The fourth-order valence-corrected chi connectivity index (χ4v) is 5.19. The van der Waals surface area contributed by atoms with Crippen LogP contribution in [0.2, 0.25) is 0 Å². The molecule has 0 aromatic carbocycles. The number of hydrogen-bond acceptors (Lipinski definition) is 5. The summed E-state index contributed by atoms with van der Waals surface area (Å²) < 4.78 is 0. The van der Waals surface area contributed by atoms with Gasteiger partial charge in [0.15, 0.2) is 5.13 Å². The Hall–Kier alpha value is -1.14. The molecule has 0 radical (unpaired) electrons. The van der Waals surface area contributed by atoms with Crippen molar-refractivity contribution in [3.05, 3.63) is 11.6 Å². The van der Waals surface area contributed by atoms with E-state index in [2.05, 4.69) is 32.1 Å². The van der Waals surface area contributed by atoms with Crippen molar-refractivity contribution in [2.45, 2.75) is 38.1 Å². The molecule has 4 heterocycles. The summed E-state index contributed by atoms with van der Waals surface area (Å²) >= 11 is 1.73. The largest absolute Gasteiger partial charge is 0.348 e. The number of anilines is 1. The smallest absolute Gasteiger partial charge is 0.222 e. The number of piperidine rings is 2. The van der Waals surface area contributed by atoms with E-state index in [1.165, 1.54) is 12.8 Å². The molecular formula is C17H26N4OS. The highest BCUT2D eigenvalue weighted by molar-refractivity contribution is 7.13. The van der Waals surface area contributed by atoms with Crippen LogP contribution in [-0.2, 0) is 4.79 Å². The lowest BCUT2D eigenvalue weighted by Crippen LogP contribution is -2.54. The van der Waals surface area contributed by atoms with Crippen molar-refractivity contribution in [2.24, 2.45) is 5.41 Å². The Kier molecular flexibility index (Phi) is 4.05. The van der Waals surface area contributed by atoms with E-state index < -0.39 is 0 Å². The van der Waals surface area contributed by atoms with Crippen LogP contribution in [0.5, 0.6) is 0 Å². The van der Waals surface area contributed by atoms with Gasteiger partial charge >= 0.3 is 0 Å². The molecule has 5 nitrogen and oxygen atoms in total. The Labute approximate surface area is 142 Å². The highest BCUT2D eigenvalue weighted by atomic mass is 32.1. The van der Waals surface area contributed by atoms with E-state index in [1.807, 2.05) is 6.20 Å². The number of hydrogen-bond donors (Lipinski definition) is 0. The second-order valence-corrected chi connectivity index (χ2v) is 8.40. The van der Waals surface area contributed by atoms with Gasteiger partial charge in [0.25, 0.3) is 0 Å². The summed E-state index contributed by atoms with van der Waals surface area (Å²) in [5.74, 6) is 0.387. The normalized spacial score (nSPS) is 28.7. The van der Waals surface area contributed by atoms with Gasteiger partial charge < -0.3 is 14.7 Å². The van der Waals surface area contributed by atoms with Crippen LogP contribution in [0.3, 0.4) is 0 Å². The molecule has 126 valence electrons. The molecule has 3 aliphatic heterocycles. The van der Waals surface area contributed by atoms with Gasteiger partial charge in [-0.2, -0.15) is 0 Å². The Morgan fingerprint density at radius 1 is 1.26 bits per heavy atom. The summed E-state index contributed by atoms with van der Waals surface area (Å²) in [5, 5.41) is 3.21. The number of rotatable bonds is 2. The van der Waals surface area contributed by atoms with Crippen LogP contribution in [0, 0.1) is 5.41 Å². The molecule has 0 saturated carbocycles. The molecule has 1 atom stereocenters. The first-order valence-electron chi connectivity index (χ1n) is 8.78. The molecule has 4 rings (SSSR count). The molecule has 0 bridgehead atoms. The van der Waals surface area contributed by atoms with E-state index in [1.54, 1.807) is 11.3 Å². The molecule has 1 aromatic rings. The van der Waals surface area contributed by atoms with Crippen molar-refractivity contribution in [3.63, 3.8) is 0 Å². The van der Waals surface area contributed by atoms with Crippen molar-refractivity contribution in [2.75, 3.05) is 44.7 Å². The molecule has 0 unspecified atom stereocenters. The van der Waals surface area contributed by atoms with Gasteiger partial charge in [0, 0.05) is 50.2 Å². The summed E-state index contributed by atoms with van der Waals surface area (Å²) in [6.45, 7) is 5.32. The molecule has 23 heavy (non-hydrogen) atoms. The average Bonchev–Trinajstić information content (AvgIpc) is 3.22. The number of nitrogens with zero attached hydrogens (tertiary/aromatic N) is 4. The van der Waals surface area contributed by atoms with E-state index >= 15 is 0 Å². The van der Waals surface area contributed by atoms with Crippen molar-refractivity contribution in [1.29, 1.82) is 0 Å². The van der Waals surface area contributed by atoms with Gasteiger partial charge in [-0.05, 0) is 44.7 Å². The van der Waals surface area contributed by atoms with Gasteiger partial charge in [-0.25, -0.2) is 4.98 Å². The van der Waals surface area contributed by atoms with Crippen LogP contribution in [0.1, 0.15) is 32.1 Å². The fraction of sp³-hybridized carbons (Fsp3) is 0.765. The standard InChI is InChI=1S/C17H26N4OS/c1-19-8-3-14(12-19)21-13-17(4-2-15(21)22)5-9-20(10-6-17)16-18-7-11-23-16/h7,11,14H,2-6,8-10,12-13H2,1H3/t14-/m0/s1. The number of carbonyl (C=O) groups excluding carboxylic acids is 1. The van der Waals surface area contributed by atoms with E-state index in [-0.39, 0.29) is 0 Å². The molecule has 1 spiro atoms. The summed E-state index contributed by atoms with van der Waals surface area (Å²) in [6, 6.07) is 0.446. The molecule has 0 N–H and O–H groups in total. The second kappa shape index (κ2) is 6.06. The first-order valence-corrected chi connectivity index (χ1v) is 9.66. The Morgan fingerprint density at radius 3 is 2.74 bits per heavy atom. The van der Waals surface area contributed by atoms with E-state index in [4.69, 9.17) is 0 Å². The number of aromatic nitrogens is 1. The van der Waals surface area contributed by atoms with Gasteiger partial charge in [0.05, 0.1) is 0 Å². The number of amides is 1. The fourth-order valence-electron chi connectivity index (χ4n) is 4.50. The quantitative estimate of drug-likeness (QED) is 0.830. The monoisotopic (exact) mass is 334 g/mol. The summed E-state index contributed by atoms with van der Waals surface area (Å²) in [6.07, 6.45) is 7.25. The highest BCUT2D eigenvalue weighted by Gasteiger charge is 2.43. The van der Waals surface area contributed by atoms with Crippen molar-refractivity contribution < 1.29 is 4.79 Å². The van der Waals surface area contributed by atoms with E-state index in [0.717, 1.165) is 57.1 Å². The zero-order valence-corrected chi connectivity index (χ0v) is 14.7. The van der Waals surface area contributed by atoms with Crippen LogP contribution in [-0.4, -0.2) is 66.5 Å². The third kappa shape index (κ3) is 2.98. The number of likely N-dealkylation sites (N-methyl/N-ethyl adjacent to an activating group) is 1. The lowest BCUT2D eigenvalue weighted by molar-refractivity contribution is -0.141. The minimum absolute atomic E-state index is 0.350. The molecule has 1 aromatic heterocycles. The molecule has 0 aliphatic carbocycles. The number of carbonyl (C=O) groups is 1. The van der Waals surface area contributed by atoms with E-state index in [9.17, 15) is 4.79 Å². The second-order valence-electron chi connectivity index (χ2n) is 7.53. The van der Waals surface area contributed by atoms with Gasteiger partial charge in [-0.15, -0.1) is 11.3 Å². The van der Waals surface area contributed by atoms with Crippen LogP contribution in [0.15, 0.2) is 11.6 Å². The van der Waals surface area contributed by atoms with Gasteiger partial charge in [0.1, 0.15) is 0 Å². The van der Waals surface area contributed by atoms with Crippen LogP contribution >= 0.6 is 11.3 Å². The molecular weight excluding hydrogens is 308 g/mol. The zero-order chi connectivity index (χ0) is 15.9. The minimum atomic E-state index is 0.350. The maximum absolute atomic E-state index is 12.5. The average molecular weight is 334 g/mol. The summed E-state index contributed by atoms with van der Waals surface area (Å²) in [7, 11) is 2.16. The maximum Gasteiger partial charge on any atom is 0.222 e. The van der Waals surface area contributed by atoms with Crippen LogP contribution in [0.25, 0.3) is 0 Å². The molecule has 6 heteroatoms. The SMILES string of the molecule is CN1CC[C@H](N2CC3(CCC2=O)CCN(c2nccs2)CC3)C1. The topological polar surface area (TPSA) is 39.7 Å². The molecule has 1 amide bonds. The van der Waals surface area contributed by atoms with Crippen molar-refractivity contribution in [3.8, 4) is 0 Å². The highest BCUT2D eigenvalue weighted by Crippen LogP contribution is 2.42. The molecule has 3 aliphatic rings. The lowest BCUT2D eigenvalue weighted by atomic mass is 9.72. The Balaban J connectivity index is 1.42. The number of thiazole rings is 1. The van der Waals surface area contributed by atoms with Gasteiger partial charge in [-0.1, -0.05) is 0 Å². The predicted octanol–water partition coefficient (Wildman–Crippen LogP) is 2.06. The zero-order valence-electron chi connectivity index (χ0n) is 13.9. The summed E-state index contributed by atoms with van der Waals surface area (Å²) in [4.78, 5) is 23.9. The van der Waals surface area contributed by atoms with Gasteiger partial charge in [-0.3, -0.25) is 4.79 Å². The Morgan fingerprint density at radius 2 is 2.09 bits per heavy atom. The first kappa shape index (κ1) is 15.4. The molecule has 3 fully saturated rings. The van der Waals surface area contributed by atoms with Crippen molar-refractivity contribution >= 4 is 22.4 Å². The van der Waals surface area contributed by atoms with Crippen LogP contribution in [0.4, 0.5) is 5.13 Å². The third-order valence-electron chi connectivity index (χ3n) is 6.02.